The number of hydrogen-bond acceptors (Lipinski definition) is 4. The molecule has 0 saturated carbocycles. The Balaban J connectivity index is 1.68. The van der Waals surface area contributed by atoms with Crippen LogP contribution in [-0.4, -0.2) is 48.7 Å². The fraction of sp³-hybridized carbons (Fsp3) is 0.435. The minimum absolute atomic E-state index is 0.0938. The van der Waals surface area contributed by atoms with Crippen LogP contribution in [0.1, 0.15) is 27.7 Å². The second kappa shape index (κ2) is 9.22. The van der Waals surface area contributed by atoms with Crippen LogP contribution in [0.15, 0.2) is 54.6 Å². The monoisotopic (exact) mass is 381 g/mol. The van der Waals surface area contributed by atoms with E-state index in [2.05, 4.69) is 37.9 Å². The van der Waals surface area contributed by atoms with Crippen molar-refractivity contribution in [3.05, 3.63) is 54.6 Å². The number of nitrogens with one attached hydrogen (secondary N) is 1. The molecule has 3 rings (SSSR count). The first-order chi connectivity index (χ1) is 13.4. The SMILES string of the molecule is CC(C)N(C(=O)CN1C[C@@H](C)O[C@@H](C)C1)c1ccc(Nc2ccccc2)cc1. The summed E-state index contributed by atoms with van der Waals surface area (Å²) in [4.78, 5) is 17.2. The van der Waals surface area contributed by atoms with Gasteiger partial charge in [0.05, 0.1) is 18.8 Å². The molecule has 150 valence electrons. The van der Waals surface area contributed by atoms with E-state index in [1.807, 2.05) is 59.5 Å². The summed E-state index contributed by atoms with van der Waals surface area (Å²) in [6.45, 7) is 10.2. The third-order valence-corrected chi connectivity index (χ3v) is 4.85. The molecule has 1 aliphatic rings. The molecule has 2 atom stereocenters. The normalized spacial score (nSPS) is 20.2. The summed E-state index contributed by atoms with van der Waals surface area (Å²) in [5.74, 6) is 0.125. The predicted molar refractivity (Wildman–Crippen MR) is 115 cm³/mol. The highest BCUT2D eigenvalue weighted by molar-refractivity contribution is 5.95. The molecule has 1 heterocycles. The molecule has 0 aliphatic carbocycles. The van der Waals surface area contributed by atoms with Gasteiger partial charge < -0.3 is 15.0 Å². The fourth-order valence-corrected chi connectivity index (χ4v) is 3.80. The van der Waals surface area contributed by atoms with Crippen molar-refractivity contribution < 1.29 is 9.53 Å². The number of morpholine rings is 1. The van der Waals surface area contributed by atoms with E-state index in [1.165, 1.54) is 0 Å². The van der Waals surface area contributed by atoms with E-state index in [0.717, 1.165) is 30.2 Å². The third kappa shape index (κ3) is 5.33. The van der Waals surface area contributed by atoms with Gasteiger partial charge in [-0.05, 0) is 64.1 Å². The quantitative estimate of drug-likeness (QED) is 0.811. The smallest absolute Gasteiger partial charge is 0.241 e. The Labute approximate surface area is 168 Å². The van der Waals surface area contributed by atoms with Gasteiger partial charge in [-0.3, -0.25) is 9.69 Å². The highest BCUT2D eigenvalue weighted by Gasteiger charge is 2.27. The number of carbonyl (C=O) groups excluding carboxylic acids is 1. The Bertz CT molecular complexity index is 751. The van der Waals surface area contributed by atoms with Crippen LogP contribution in [-0.2, 0) is 9.53 Å². The summed E-state index contributed by atoms with van der Waals surface area (Å²) in [6, 6.07) is 18.2. The van der Waals surface area contributed by atoms with Gasteiger partial charge in [-0.1, -0.05) is 18.2 Å². The van der Waals surface area contributed by atoms with Crippen molar-refractivity contribution in [2.45, 2.75) is 45.9 Å². The van der Waals surface area contributed by atoms with Crippen LogP contribution < -0.4 is 10.2 Å². The summed E-state index contributed by atoms with van der Waals surface area (Å²) in [7, 11) is 0. The van der Waals surface area contributed by atoms with Crippen molar-refractivity contribution in [2.24, 2.45) is 0 Å². The first-order valence-corrected chi connectivity index (χ1v) is 10.0. The lowest BCUT2D eigenvalue weighted by Gasteiger charge is -2.36. The van der Waals surface area contributed by atoms with Crippen molar-refractivity contribution in [2.75, 3.05) is 29.9 Å². The van der Waals surface area contributed by atoms with E-state index < -0.39 is 0 Å². The van der Waals surface area contributed by atoms with Gasteiger partial charge in [-0.25, -0.2) is 0 Å². The number of ether oxygens (including phenoxy) is 1. The van der Waals surface area contributed by atoms with E-state index >= 15 is 0 Å². The number of amides is 1. The fourth-order valence-electron chi connectivity index (χ4n) is 3.80. The van der Waals surface area contributed by atoms with Gasteiger partial charge in [0.25, 0.3) is 0 Å². The molecule has 2 aromatic rings. The summed E-state index contributed by atoms with van der Waals surface area (Å²) >= 11 is 0. The lowest BCUT2D eigenvalue weighted by Crippen LogP contribution is -2.51. The Kier molecular flexibility index (Phi) is 6.70. The van der Waals surface area contributed by atoms with E-state index in [-0.39, 0.29) is 24.2 Å². The highest BCUT2D eigenvalue weighted by atomic mass is 16.5. The zero-order valence-electron chi connectivity index (χ0n) is 17.3. The van der Waals surface area contributed by atoms with Gasteiger partial charge in [-0.15, -0.1) is 0 Å². The molecule has 1 N–H and O–H groups in total. The maximum atomic E-state index is 13.1. The molecule has 1 fully saturated rings. The van der Waals surface area contributed by atoms with Gasteiger partial charge in [0.15, 0.2) is 0 Å². The first kappa shape index (κ1) is 20.4. The number of hydrogen-bond donors (Lipinski definition) is 1. The van der Waals surface area contributed by atoms with Crippen molar-refractivity contribution in [3.63, 3.8) is 0 Å². The van der Waals surface area contributed by atoms with E-state index in [4.69, 9.17) is 4.74 Å². The van der Waals surface area contributed by atoms with Gasteiger partial charge in [0, 0.05) is 36.2 Å². The summed E-state index contributed by atoms with van der Waals surface area (Å²) in [5.41, 5.74) is 2.97. The second-order valence-corrected chi connectivity index (χ2v) is 7.85. The molecule has 0 radical (unpaired) electrons. The Morgan fingerprint density at radius 2 is 1.61 bits per heavy atom. The Morgan fingerprint density at radius 1 is 1.04 bits per heavy atom. The zero-order chi connectivity index (χ0) is 20.1. The van der Waals surface area contributed by atoms with Crippen LogP contribution in [0.3, 0.4) is 0 Å². The third-order valence-electron chi connectivity index (χ3n) is 4.85. The highest BCUT2D eigenvalue weighted by Crippen LogP contribution is 2.23. The average molecular weight is 382 g/mol. The largest absolute Gasteiger partial charge is 0.373 e. The van der Waals surface area contributed by atoms with Crippen molar-refractivity contribution in [1.82, 2.24) is 4.90 Å². The molecule has 1 aliphatic heterocycles. The minimum Gasteiger partial charge on any atom is -0.373 e. The molecule has 5 nitrogen and oxygen atoms in total. The van der Waals surface area contributed by atoms with Crippen molar-refractivity contribution in [1.29, 1.82) is 0 Å². The number of para-hydroxylation sites is 1. The minimum atomic E-state index is 0.0938. The van der Waals surface area contributed by atoms with Crippen molar-refractivity contribution >= 4 is 23.0 Å². The van der Waals surface area contributed by atoms with E-state index in [1.54, 1.807) is 0 Å². The topological polar surface area (TPSA) is 44.8 Å². The summed E-state index contributed by atoms with van der Waals surface area (Å²) in [6.07, 6.45) is 0.319. The van der Waals surface area contributed by atoms with Crippen LogP contribution in [0, 0.1) is 0 Å². The maximum Gasteiger partial charge on any atom is 0.241 e. The maximum absolute atomic E-state index is 13.1. The Morgan fingerprint density at radius 3 is 2.18 bits per heavy atom. The molecule has 1 amide bonds. The zero-order valence-corrected chi connectivity index (χ0v) is 17.3. The molecule has 0 aromatic heterocycles. The first-order valence-electron chi connectivity index (χ1n) is 10.0. The number of nitrogens with zero attached hydrogens (tertiary/aromatic N) is 2. The molecule has 1 saturated heterocycles. The number of anilines is 3. The molecule has 2 aromatic carbocycles. The molecule has 0 bridgehead atoms. The number of rotatable bonds is 6. The Hall–Kier alpha value is -2.37. The van der Waals surface area contributed by atoms with Gasteiger partial charge in [-0.2, -0.15) is 0 Å². The summed E-state index contributed by atoms with van der Waals surface area (Å²) in [5, 5.41) is 3.38. The van der Waals surface area contributed by atoms with Crippen LogP contribution in [0.5, 0.6) is 0 Å². The molecular weight excluding hydrogens is 350 g/mol. The lowest BCUT2D eigenvalue weighted by atomic mass is 10.2. The van der Waals surface area contributed by atoms with Crippen molar-refractivity contribution in [3.8, 4) is 0 Å². The van der Waals surface area contributed by atoms with Crippen LogP contribution >= 0.6 is 0 Å². The second-order valence-electron chi connectivity index (χ2n) is 7.85. The lowest BCUT2D eigenvalue weighted by molar-refractivity contribution is -0.123. The number of benzene rings is 2. The molecule has 5 heteroatoms. The van der Waals surface area contributed by atoms with E-state index in [9.17, 15) is 4.79 Å². The standard InChI is InChI=1S/C23H31N3O2/c1-17(2)26(23(27)16-25-14-18(3)28-19(4)15-25)22-12-10-21(11-13-22)24-20-8-6-5-7-9-20/h5-13,17-19,24H,14-16H2,1-4H3/t18-,19+. The number of carbonyl (C=O) groups is 1. The van der Waals surface area contributed by atoms with Gasteiger partial charge in [0.1, 0.15) is 0 Å². The molecule has 0 spiro atoms. The predicted octanol–water partition coefficient (Wildman–Crippen LogP) is 4.28. The average Bonchev–Trinajstić information content (AvgIpc) is 2.63. The van der Waals surface area contributed by atoms with Crippen LogP contribution in [0.2, 0.25) is 0 Å². The molecule has 28 heavy (non-hydrogen) atoms. The van der Waals surface area contributed by atoms with Gasteiger partial charge in [0.2, 0.25) is 5.91 Å². The van der Waals surface area contributed by atoms with E-state index in [0.29, 0.717) is 6.54 Å². The van der Waals surface area contributed by atoms with Crippen LogP contribution in [0.4, 0.5) is 17.1 Å². The van der Waals surface area contributed by atoms with Crippen LogP contribution in [0.25, 0.3) is 0 Å². The summed E-state index contributed by atoms with van der Waals surface area (Å²) < 4.78 is 5.78. The van der Waals surface area contributed by atoms with Gasteiger partial charge >= 0.3 is 0 Å². The molecule has 0 unspecified atom stereocenters. The molecular formula is C23H31N3O2.